The fourth-order valence-electron chi connectivity index (χ4n) is 3.35. The maximum Gasteiger partial charge on any atom is 0.329 e. The molecule has 1 fully saturated rings. The van der Waals surface area contributed by atoms with Crippen LogP contribution in [-0.4, -0.2) is 47.9 Å². The molecule has 1 aliphatic rings. The lowest BCUT2D eigenvalue weighted by atomic mass is 9.98. The number of amides is 3. The third-order valence-corrected chi connectivity index (χ3v) is 5.60. The van der Waals surface area contributed by atoms with Gasteiger partial charge in [0.25, 0.3) is 0 Å². The van der Waals surface area contributed by atoms with Crippen molar-refractivity contribution in [1.82, 2.24) is 16.0 Å². The normalized spacial score (nSPS) is 26.8. The monoisotopic (exact) mass is 431 g/mol. The molecule has 1 heterocycles. The van der Waals surface area contributed by atoms with Gasteiger partial charge in [0.1, 0.15) is 24.2 Å². The van der Waals surface area contributed by atoms with Gasteiger partial charge in [0, 0.05) is 6.42 Å². The second kappa shape index (κ2) is 11.5. The molecule has 0 bridgehead atoms. The van der Waals surface area contributed by atoms with Gasteiger partial charge in [-0.15, -0.1) is 0 Å². The number of ether oxygens (including phenoxy) is 1. The Kier molecular flexibility index (Phi) is 9.03. The summed E-state index contributed by atoms with van der Waals surface area (Å²) in [6, 6.07) is 6.71. The van der Waals surface area contributed by atoms with Gasteiger partial charge in [0.05, 0.1) is 6.42 Å². The minimum Gasteiger partial charge on any atom is -0.460 e. The van der Waals surface area contributed by atoms with Crippen LogP contribution in [0.25, 0.3) is 0 Å². The predicted molar refractivity (Wildman–Crippen MR) is 116 cm³/mol. The minimum absolute atomic E-state index is 0.0580. The van der Waals surface area contributed by atoms with E-state index in [1.165, 1.54) is 0 Å². The molecule has 1 saturated heterocycles. The summed E-state index contributed by atoms with van der Waals surface area (Å²) in [5, 5.41) is 8.11. The molecule has 0 aromatic heterocycles. The molecule has 2 rings (SSSR count). The first-order valence-electron chi connectivity index (χ1n) is 10.9. The second-order valence-corrected chi connectivity index (χ2v) is 8.08. The smallest absolute Gasteiger partial charge is 0.329 e. The summed E-state index contributed by atoms with van der Waals surface area (Å²) in [7, 11) is 0. The number of carbonyl (C=O) groups is 4. The van der Waals surface area contributed by atoms with Gasteiger partial charge in [-0.05, 0) is 24.8 Å². The lowest BCUT2D eigenvalue weighted by molar-refractivity contribution is -0.156. The standard InChI is InChI=1S/C23H33N3O5/c1-5-14(3)20-23(30)31-17(6-2)13-19(27)25-18(12-16-10-8-7-9-11-16)22(29)24-15(4)21(28)26-20/h7-11,14-15,17-18,20H,5-6,12-13H2,1-4H3,(H,24,29)(H,25,27)(H,26,28)/t14-,15+,17-,18+,20+/m1/s1. The molecule has 1 aromatic rings. The van der Waals surface area contributed by atoms with Gasteiger partial charge in [0.2, 0.25) is 17.7 Å². The molecular formula is C23H33N3O5. The van der Waals surface area contributed by atoms with E-state index >= 15 is 0 Å². The van der Waals surface area contributed by atoms with E-state index in [0.29, 0.717) is 12.8 Å². The number of nitrogens with one attached hydrogen (secondary N) is 3. The van der Waals surface area contributed by atoms with Crippen LogP contribution in [0.15, 0.2) is 30.3 Å². The Morgan fingerprint density at radius 3 is 2.29 bits per heavy atom. The molecule has 0 spiro atoms. The van der Waals surface area contributed by atoms with Crippen molar-refractivity contribution >= 4 is 23.7 Å². The summed E-state index contributed by atoms with van der Waals surface area (Å²) in [6.45, 7) is 7.12. The van der Waals surface area contributed by atoms with E-state index in [1.807, 2.05) is 51.1 Å². The SMILES string of the molecule is CC[C@@H]1CC(=O)N[C@@H](Cc2ccccc2)C(=O)N[C@@H](C)C(=O)N[C@@H]([C@H](C)CC)C(=O)O1. The van der Waals surface area contributed by atoms with Crippen LogP contribution in [0.3, 0.4) is 0 Å². The topological polar surface area (TPSA) is 114 Å². The van der Waals surface area contributed by atoms with Crippen LogP contribution in [0.5, 0.6) is 0 Å². The van der Waals surface area contributed by atoms with Gasteiger partial charge in [-0.25, -0.2) is 4.79 Å². The van der Waals surface area contributed by atoms with E-state index < -0.39 is 42.0 Å². The second-order valence-electron chi connectivity index (χ2n) is 8.08. The number of hydrogen-bond donors (Lipinski definition) is 3. The Morgan fingerprint density at radius 1 is 1.00 bits per heavy atom. The molecule has 3 amide bonds. The van der Waals surface area contributed by atoms with Crippen LogP contribution >= 0.6 is 0 Å². The zero-order chi connectivity index (χ0) is 23.0. The largest absolute Gasteiger partial charge is 0.460 e. The molecule has 8 heteroatoms. The van der Waals surface area contributed by atoms with Crippen molar-refractivity contribution in [2.45, 2.75) is 77.6 Å². The zero-order valence-electron chi connectivity index (χ0n) is 18.6. The maximum absolute atomic E-state index is 12.9. The molecule has 1 aromatic carbocycles. The van der Waals surface area contributed by atoms with Gasteiger partial charge in [-0.1, -0.05) is 57.5 Å². The summed E-state index contributed by atoms with van der Waals surface area (Å²) < 4.78 is 5.56. The number of benzene rings is 1. The van der Waals surface area contributed by atoms with Gasteiger partial charge in [0.15, 0.2) is 0 Å². The molecule has 3 N–H and O–H groups in total. The van der Waals surface area contributed by atoms with E-state index in [1.54, 1.807) is 6.92 Å². The highest BCUT2D eigenvalue weighted by Crippen LogP contribution is 2.14. The van der Waals surface area contributed by atoms with Crippen molar-refractivity contribution < 1.29 is 23.9 Å². The predicted octanol–water partition coefficient (Wildman–Crippen LogP) is 1.48. The average molecular weight is 432 g/mol. The molecule has 0 saturated carbocycles. The third kappa shape index (κ3) is 7.08. The number of cyclic esters (lactones) is 1. The van der Waals surface area contributed by atoms with Crippen LogP contribution in [0.2, 0.25) is 0 Å². The maximum atomic E-state index is 12.9. The van der Waals surface area contributed by atoms with E-state index in [2.05, 4.69) is 16.0 Å². The minimum atomic E-state index is -0.884. The molecule has 5 atom stereocenters. The van der Waals surface area contributed by atoms with Crippen molar-refractivity contribution in [2.75, 3.05) is 0 Å². The fourth-order valence-corrected chi connectivity index (χ4v) is 3.35. The van der Waals surface area contributed by atoms with Crippen molar-refractivity contribution in [2.24, 2.45) is 5.92 Å². The summed E-state index contributed by atoms with van der Waals surface area (Å²) in [4.78, 5) is 51.0. The van der Waals surface area contributed by atoms with E-state index in [9.17, 15) is 19.2 Å². The molecule has 1 aliphatic heterocycles. The number of rotatable bonds is 5. The summed E-state index contributed by atoms with van der Waals surface area (Å²) in [6.07, 6.45) is 0.662. The summed E-state index contributed by atoms with van der Waals surface area (Å²) >= 11 is 0. The Labute approximate surface area is 183 Å². The molecular weight excluding hydrogens is 398 g/mol. The Bertz CT molecular complexity index is 783. The highest BCUT2D eigenvalue weighted by Gasteiger charge is 2.33. The van der Waals surface area contributed by atoms with E-state index in [0.717, 1.165) is 5.56 Å². The highest BCUT2D eigenvalue weighted by atomic mass is 16.5. The van der Waals surface area contributed by atoms with Crippen LogP contribution < -0.4 is 16.0 Å². The average Bonchev–Trinajstić information content (AvgIpc) is 2.75. The van der Waals surface area contributed by atoms with Crippen LogP contribution in [0, 0.1) is 5.92 Å². The molecule has 31 heavy (non-hydrogen) atoms. The van der Waals surface area contributed by atoms with Gasteiger partial charge in [-0.2, -0.15) is 0 Å². The van der Waals surface area contributed by atoms with Gasteiger partial charge < -0.3 is 20.7 Å². The quantitative estimate of drug-likeness (QED) is 0.611. The first-order chi connectivity index (χ1) is 14.7. The van der Waals surface area contributed by atoms with E-state index in [4.69, 9.17) is 4.74 Å². The number of carbonyl (C=O) groups excluding carboxylic acids is 4. The van der Waals surface area contributed by atoms with Crippen molar-refractivity contribution in [1.29, 1.82) is 0 Å². The molecule has 0 unspecified atom stereocenters. The summed E-state index contributed by atoms with van der Waals surface area (Å²) in [5.74, 6) is -2.06. The van der Waals surface area contributed by atoms with Crippen LogP contribution in [0.1, 0.15) is 52.5 Å². The van der Waals surface area contributed by atoms with Crippen molar-refractivity contribution in [3.8, 4) is 0 Å². The molecule has 0 radical (unpaired) electrons. The number of hydrogen-bond acceptors (Lipinski definition) is 5. The summed E-state index contributed by atoms with van der Waals surface area (Å²) in [5.41, 5.74) is 0.875. The van der Waals surface area contributed by atoms with Crippen LogP contribution in [-0.2, 0) is 30.3 Å². The van der Waals surface area contributed by atoms with Crippen molar-refractivity contribution in [3.05, 3.63) is 35.9 Å². The van der Waals surface area contributed by atoms with E-state index in [-0.39, 0.29) is 24.7 Å². The highest BCUT2D eigenvalue weighted by molar-refractivity contribution is 5.94. The first kappa shape index (κ1) is 24.4. The lowest BCUT2D eigenvalue weighted by Gasteiger charge is -2.26. The van der Waals surface area contributed by atoms with Crippen molar-refractivity contribution in [3.63, 3.8) is 0 Å². The first-order valence-corrected chi connectivity index (χ1v) is 10.9. The molecule has 8 nitrogen and oxygen atoms in total. The molecule has 0 aliphatic carbocycles. The van der Waals surface area contributed by atoms with Gasteiger partial charge >= 0.3 is 5.97 Å². The molecule has 170 valence electrons. The van der Waals surface area contributed by atoms with Gasteiger partial charge in [-0.3, -0.25) is 14.4 Å². The van der Waals surface area contributed by atoms with Crippen LogP contribution in [0.4, 0.5) is 0 Å². The fraction of sp³-hybridized carbons (Fsp3) is 0.565. The third-order valence-electron chi connectivity index (χ3n) is 5.60. The Hall–Kier alpha value is -2.90. The number of esters is 1. The zero-order valence-corrected chi connectivity index (χ0v) is 18.6. The lowest BCUT2D eigenvalue weighted by Crippen LogP contribution is -2.55. The Balaban J connectivity index is 2.30. The Morgan fingerprint density at radius 2 is 1.68 bits per heavy atom.